The molecule has 2 aromatic carbocycles. The van der Waals surface area contributed by atoms with E-state index in [1.807, 2.05) is 6.92 Å². The number of aliphatic hydroxyl groups is 1. The number of halogens is 2. The van der Waals surface area contributed by atoms with Gasteiger partial charge in [-0.1, -0.05) is 37.3 Å². The van der Waals surface area contributed by atoms with Crippen LogP contribution in [0, 0.1) is 11.6 Å². The highest BCUT2D eigenvalue weighted by Gasteiger charge is 2.17. The van der Waals surface area contributed by atoms with Crippen LogP contribution in [-0.2, 0) is 11.3 Å². The van der Waals surface area contributed by atoms with Crippen molar-refractivity contribution in [3.05, 3.63) is 71.3 Å². The van der Waals surface area contributed by atoms with E-state index in [9.17, 15) is 18.7 Å². The molecule has 2 N–H and O–H groups in total. The van der Waals surface area contributed by atoms with Gasteiger partial charge < -0.3 is 10.4 Å². The number of likely N-dealkylation sites (N-methyl/N-ethyl adjacent to an activating group) is 1. The number of benzene rings is 2. The molecule has 1 unspecified atom stereocenters. The van der Waals surface area contributed by atoms with Crippen molar-refractivity contribution in [1.82, 2.24) is 10.2 Å². The number of hydrogen-bond donors (Lipinski definition) is 2. The lowest BCUT2D eigenvalue weighted by atomic mass is 10.1. The summed E-state index contributed by atoms with van der Waals surface area (Å²) in [6.45, 7) is 2.94. The van der Waals surface area contributed by atoms with Crippen molar-refractivity contribution in [3.63, 3.8) is 0 Å². The standard InChI is InChI=1S/C19H22F2N2O2/c1-2-23(12-18(24)16-5-3-4-6-17(16)21)13-19(25)22-11-14-7-9-15(20)10-8-14/h3-10,18,24H,2,11-13H2,1H3,(H,22,25). The molecule has 1 amide bonds. The third-order valence-electron chi connectivity index (χ3n) is 3.91. The first-order chi connectivity index (χ1) is 12.0. The average Bonchev–Trinajstić information content (AvgIpc) is 2.61. The Balaban J connectivity index is 1.85. The maximum atomic E-state index is 13.7. The van der Waals surface area contributed by atoms with Crippen molar-refractivity contribution < 1.29 is 18.7 Å². The number of carbonyl (C=O) groups is 1. The van der Waals surface area contributed by atoms with Crippen LogP contribution in [0.3, 0.4) is 0 Å². The monoisotopic (exact) mass is 348 g/mol. The summed E-state index contributed by atoms with van der Waals surface area (Å²) in [6.07, 6.45) is -1.01. The molecule has 25 heavy (non-hydrogen) atoms. The average molecular weight is 348 g/mol. The molecule has 2 aromatic rings. The smallest absolute Gasteiger partial charge is 0.234 e. The summed E-state index contributed by atoms with van der Waals surface area (Å²) in [5.41, 5.74) is 1.01. The van der Waals surface area contributed by atoms with Gasteiger partial charge in [-0.2, -0.15) is 0 Å². The summed E-state index contributed by atoms with van der Waals surface area (Å²) in [5, 5.41) is 12.9. The van der Waals surface area contributed by atoms with Crippen LogP contribution < -0.4 is 5.32 Å². The normalized spacial score (nSPS) is 12.2. The first-order valence-electron chi connectivity index (χ1n) is 8.15. The lowest BCUT2D eigenvalue weighted by Crippen LogP contribution is -2.39. The molecular formula is C19H22F2N2O2. The number of nitrogens with zero attached hydrogens (tertiary/aromatic N) is 1. The predicted octanol–water partition coefficient (Wildman–Crippen LogP) is 2.64. The maximum absolute atomic E-state index is 13.7. The van der Waals surface area contributed by atoms with Crippen molar-refractivity contribution in [3.8, 4) is 0 Å². The predicted molar refractivity (Wildman–Crippen MR) is 91.7 cm³/mol. The Labute approximate surface area is 146 Å². The maximum Gasteiger partial charge on any atom is 0.234 e. The minimum Gasteiger partial charge on any atom is -0.387 e. The molecule has 0 aliphatic rings. The third kappa shape index (κ3) is 5.92. The third-order valence-corrected chi connectivity index (χ3v) is 3.91. The second-order valence-corrected chi connectivity index (χ2v) is 5.77. The van der Waals surface area contributed by atoms with Crippen LogP contribution >= 0.6 is 0 Å². The van der Waals surface area contributed by atoms with Crippen LogP contribution in [0.25, 0.3) is 0 Å². The Hall–Kier alpha value is -2.31. The molecule has 4 nitrogen and oxygen atoms in total. The number of nitrogens with one attached hydrogen (secondary N) is 1. The Kier molecular flexibility index (Phi) is 7.03. The van der Waals surface area contributed by atoms with Gasteiger partial charge in [-0.3, -0.25) is 9.69 Å². The fraction of sp³-hybridized carbons (Fsp3) is 0.316. The molecule has 0 aliphatic carbocycles. The molecule has 0 spiro atoms. The second-order valence-electron chi connectivity index (χ2n) is 5.77. The molecule has 0 bridgehead atoms. The molecule has 0 radical (unpaired) electrons. The zero-order valence-corrected chi connectivity index (χ0v) is 14.1. The van der Waals surface area contributed by atoms with Gasteiger partial charge in [0.15, 0.2) is 0 Å². The molecule has 6 heteroatoms. The first-order valence-corrected chi connectivity index (χ1v) is 8.15. The number of amides is 1. The van der Waals surface area contributed by atoms with Gasteiger partial charge in [0.05, 0.1) is 12.6 Å². The minimum absolute atomic E-state index is 0.0865. The lowest BCUT2D eigenvalue weighted by Gasteiger charge is -2.23. The van der Waals surface area contributed by atoms with Gasteiger partial charge in [0.2, 0.25) is 5.91 Å². The van der Waals surface area contributed by atoms with E-state index in [4.69, 9.17) is 0 Å². The van der Waals surface area contributed by atoms with E-state index in [1.54, 1.807) is 29.2 Å². The van der Waals surface area contributed by atoms with Crippen molar-refractivity contribution in [1.29, 1.82) is 0 Å². The Bertz CT molecular complexity index is 692. The Morgan fingerprint density at radius 1 is 1.16 bits per heavy atom. The van der Waals surface area contributed by atoms with E-state index in [0.717, 1.165) is 5.56 Å². The molecule has 0 saturated carbocycles. The molecule has 2 rings (SSSR count). The molecule has 134 valence electrons. The van der Waals surface area contributed by atoms with Crippen molar-refractivity contribution in [2.24, 2.45) is 0 Å². The summed E-state index contributed by atoms with van der Waals surface area (Å²) in [6, 6.07) is 11.9. The largest absolute Gasteiger partial charge is 0.387 e. The van der Waals surface area contributed by atoms with E-state index < -0.39 is 11.9 Å². The van der Waals surface area contributed by atoms with Crippen LogP contribution in [0.15, 0.2) is 48.5 Å². The zero-order valence-electron chi connectivity index (χ0n) is 14.1. The second kappa shape index (κ2) is 9.25. The summed E-state index contributed by atoms with van der Waals surface area (Å²) < 4.78 is 26.6. The number of hydrogen-bond acceptors (Lipinski definition) is 3. The van der Waals surface area contributed by atoms with Crippen molar-refractivity contribution in [2.45, 2.75) is 19.6 Å². The SMILES string of the molecule is CCN(CC(=O)NCc1ccc(F)cc1)CC(O)c1ccccc1F. The lowest BCUT2D eigenvalue weighted by molar-refractivity contribution is -0.122. The summed E-state index contributed by atoms with van der Waals surface area (Å²) in [7, 11) is 0. The fourth-order valence-corrected chi connectivity index (χ4v) is 2.46. The molecule has 0 aliphatic heterocycles. The van der Waals surface area contributed by atoms with Gasteiger partial charge in [0.1, 0.15) is 11.6 Å². The van der Waals surface area contributed by atoms with Crippen LogP contribution in [0.5, 0.6) is 0 Å². The van der Waals surface area contributed by atoms with E-state index in [0.29, 0.717) is 13.1 Å². The first kappa shape index (κ1) is 19.0. The molecule has 0 aromatic heterocycles. The molecular weight excluding hydrogens is 326 g/mol. The highest BCUT2D eigenvalue weighted by molar-refractivity contribution is 5.78. The highest BCUT2D eigenvalue weighted by Crippen LogP contribution is 2.17. The molecule has 0 heterocycles. The Morgan fingerprint density at radius 2 is 1.84 bits per heavy atom. The van der Waals surface area contributed by atoms with E-state index in [1.165, 1.54) is 24.3 Å². The molecule has 0 fully saturated rings. The summed E-state index contributed by atoms with van der Waals surface area (Å²) >= 11 is 0. The van der Waals surface area contributed by atoms with Gasteiger partial charge in [0.25, 0.3) is 0 Å². The van der Waals surface area contributed by atoms with Gasteiger partial charge in [0, 0.05) is 18.7 Å². The van der Waals surface area contributed by atoms with Gasteiger partial charge in [-0.05, 0) is 30.3 Å². The van der Waals surface area contributed by atoms with Gasteiger partial charge in [-0.25, -0.2) is 8.78 Å². The van der Waals surface area contributed by atoms with Crippen LogP contribution in [-0.4, -0.2) is 35.5 Å². The van der Waals surface area contributed by atoms with Crippen LogP contribution in [0.4, 0.5) is 8.78 Å². The Morgan fingerprint density at radius 3 is 2.48 bits per heavy atom. The summed E-state index contributed by atoms with van der Waals surface area (Å²) in [5.74, 6) is -1.01. The quantitative estimate of drug-likeness (QED) is 0.771. The summed E-state index contributed by atoms with van der Waals surface area (Å²) in [4.78, 5) is 13.8. The van der Waals surface area contributed by atoms with Gasteiger partial charge >= 0.3 is 0 Å². The minimum atomic E-state index is -1.01. The van der Waals surface area contributed by atoms with Crippen molar-refractivity contribution >= 4 is 5.91 Å². The fourth-order valence-electron chi connectivity index (χ4n) is 2.46. The topological polar surface area (TPSA) is 52.6 Å². The number of rotatable bonds is 8. The van der Waals surface area contributed by atoms with E-state index in [2.05, 4.69) is 5.32 Å². The number of carbonyl (C=O) groups excluding carboxylic acids is 1. The van der Waals surface area contributed by atoms with Gasteiger partial charge in [-0.15, -0.1) is 0 Å². The van der Waals surface area contributed by atoms with Crippen molar-refractivity contribution in [2.75, 3.05) is 19.6 Å². The molecule has 1 atom stereocenters. The molecule has 0 saturated heterocycles. The highest BCUT2D eigenvalue weighted by atomic mass is 19.1. The van der Waals surface area contributed by atoms with E-state index in [-0.39, 0.29) is 30.4 Å². The van der Waals surface area contributed by atoms with E-state index >= 15 is 0 Å². The zero-order chi connectivity index (χ0) is 18.2. The van der Waals surface area contributed by atoms with Crippen LogP contribution in [0.1, 0.15) is 24.2 Å². The number of aliphatic hydroxyl groups excluding tert-OH is 1. The van der Waals surface area contributed by atoms with Crippen LogP contribution in [0.2, 0.25) is 0 Å².